The van der Waals surface area contributed by atoms with Gasteiger partial charge in [0, 0.05) is 10.6 Å². The molecule has 1 amide bonds. The van der Waals surface area contributed by atoms with Crippen molar-refractivity contribution in [3.05, 3.63) is 58.5 Å². The fraction of sp³-hybridized carbons (Fsp3) is 0.353. The zero-order valence-electron chi connectivity index (χ0n) is 12.9. The number of halogens is 1. The SMILES string of the molecule is CC1COC(c2ccccc2Cl)CN1C(=O)c1coc(CN)c1. The van der Waals surface area contributed by atoms with Gasteiger partial charge < -0.3 is 19.8 Å². The van der Waals surface area contributed by atoms with Crippen LogP contribution in [-0.2, 0) is 11.3 Å². The van der Waals surface area contributed by atoms with Crippen molar-refractivity contribution in [1.82, 2.24) is 4.90 Å². The molecule has 6 heteroatoms. The van der Waals surface area contributed by atoms with Crippen LogP contribution in [0.5, 0.6) is 0 Å². The predicted octanol–water partition coefficient (Wildman–Crippen LogP) is 2.99. The molecule has 0 saturated carbocycles. The lowest BCUT2D eigenvalue weighted by Gasteiger charge is -2.38. The molecule has 1 fully saturated rings. The van der Waals surface area contributed by atoms with Crippen LogP contribution in [0, 0.1) is 0 Å². The number of furan rings is 1. The van der Waals surface area contributed by atoms with Gasteiger partial charge in [-0.25, -0.2) is 0 Å². The second-order valence-corrected chi connectivity index (χ2v) is 6.06. The second-order valence-electron chi connectivity index (χ2n) is 5.66. The molecule has 5 nitrogen and oxygen atoms in total. The maximum absolute atomic E-state index is 12.7. The maximum atomic E-state index is 12.7. The quantitative estimate of drug-likeness (QED) is 0.936. The van der Waals surface area contributed by atoms with E-state index in [0.29, 0.717) is 29.5 Å². The Bertz CT molecular complexity index is 701. The van der Waals surface area contributed by atoms with Crippen molar-refractivity contribution in [3.63, 3.8) is 0 Å². The fourth-order valence-electron chi connectivity index (χ4n) is 2.73. The van der Waals surface area contributed by atoms with Crippen LogP contribution in [0.25, 0.3) is 0 Å². The molecule has 2 atom stereocenters. The Kier molecular flexibility index (Phi) is 4.71. The van der Waals surface area contributed by atoms with Crippen molar-refractivity contribution >= 4 is 17.5 Å². The lowest BCUT2D eigenvalue weighted by Crippen LogP contribution is -2.48. The van der Waals surface area contributed by atoms with Gasteiger partial charge in [-0.2, -0.15) is 0 Å². The molecule has 2 N–H and O–H groups in total. The van der Waals surface area contributed by atoms with Gasteiger partial charge in [-0.1, -0.05) is 29.8 Å². The molecule has 3 rings (SSSR count). The highest BCUT2D eigenvalue weighted by Crippen LogP contribution is 2.30. The number of nitrogens with two attached hydrogens (primary N) is 1. The summed E-state index contributed by atoms with van der Waals surface area (Å²) in [5, 5.41) is 0.646. The smallest absolute Gasteiger partial charge is 0.257 e. The third-order valence-electron chi connectivity index (χ3n) is 4.05. The Morgan fingerprint density at radius 3 is 2.91 bits per heavy atom. The zero-order valence-corrected chi connectivity index (χ0v) is 13.6. The number of carbonyl (C=O) groups is 1. The summed E-state index contributed by atoms with van der Waals surface area (Å²) in [5.41, 5.74) is 6.94. The van der Waals surface area contributed by atoms with Crippen LogP contribution < -0.4 is 5.73 Å². The number of hydrogen-bond donors (Lipinski definition) is 1. The summed E-state index contributed by atoms with van der Waals surface area (Å²) in [6, 6.07) is 9.22. The van der Waals surface area contributed by atoms with E-state index in [0.717, 1.165) is 5.56 Å². The van der Waals surface area contributed by atoms with E-state index in [1.54, 1.807) is 11.0 Å². The van der Waals surface area contributed by atoms with Crippen molar-refractivity contribution < 1.29 is 13.9 Å². The van der Waals surface area contributed by atoms with E-state index < -0.39 is 0 Å². The van der Waals surface area contributed by atoms with Crippen molar-refractivity contribution in [2.45, 2.75) is 25.6 Å². The minimum absolute atomic E-state index is 0.0162. The largest absolute Gasteiger partial charge is 0.467 e. The molecule has 0 radical (unpaired) electrons. The van der Waals surface area contributed by atoms with E-state index >= 15 is 0 Å². The van der Waals surface area contributed by atoms with Crippen molar-refractivity contribution in [1.29, 1.82) is 0 Å². The van der Waals surface area contributed by atoms with Gasteiger partial charge in [0.05, 0.1) is 31.3 Å². The number of nitrogens with zero attached hydrogens (tertiary/aromatic N) is 1. The summed E-state index contributed by atoms with van der Waals surface area (Å²) in [7, 11) is 0. The van der Waals surface area contributed by atoms with E-state index in [1.165, 1.54) is 6.26 Å². The fourth-order valence-corrected chi connectivity index (χ4v) is 2.99. The van der Waals surface area contributed by atoms with Gasteiger partial charge in [0.15, 0.2) is 0 Å². The van der Waals surface area contributed by atoms with E-state index in [-0.39, 0.29) is 24.6 Å². The summed E-state index contributed by atoms with van der Waals surface area (Å²) >= 11 is 6.25. The third-order valence-corrected chi connectivity index (χ3v) is 4.39. The highest BCUT2D eigenvalue weighted by atomic mass is 35.5. The molecule has 2 aromatic rings. The van der Waals surface area contributed by atoms with Gasteiger partial charge >= 0.3 is 0 Å². The van der Waals surface area contributed by atoms with E-state index in [9.17, 15) is 4.79 Å². The monoisotopic (exact) mass is 334 g/mol. The molecule has 1 aliphatic rings. The van der Waals surface area contributed by atoms with Crippen LogP contribution in [0.1, 0.15) is 34.7 Å². The molecule has 0 spiro atoms. The molecule has 0 bridgehead atoms. The lowest BCUT2D eigenvalue weighted by atomic mass is 10.1. The van der Waals surface area contributed by atoms with E-state index in [2.05, 4.69) is 0 Å². The van der Waals surface area contributed by atoms with Crippen molar-refractivity contribution in [2.75, 3.05) is 13.2 Å². The molecule has 23 heavy (non-hydrogen) atoms. The highest BCUT2D eigenvalue weighted by Gasteiger charge is 2.32. The molecule has 1 aliphatic heterocycles. The molecular weight excluding hydrogens is 316 g/mol. The Balaban J connectivity index is 1.81. The van der Waals surface area contributed by atoms with E-state index in [4.69, 9.17) is 26.5 Å². The molecule has 0 aliphatic carbocycles. The van der Waals surface area contributed by atoms with Crippen LogP contribution in [0.3, 0.4) is 0 Å². The molecule has 1 aromatic carbocycles. The number of benzene rings is 1. The number of hydrogen-bond acceptors (Lipinski definition) is 4. The van der Waals surface area contributed by atoms with Crippen LogP contribution in [0.2, 0.25) is 5.02 Å². The Labute approximate surface area is 140 Å². The first-order valence-corrected chi connectivity index (χ1v) is 7.92. The van der Waals surface area contributed by atoms with Crippen LogP contribution in [-0.4, -0.2) is 30.0 Å². The number of carbonyl (C=O) groups excluding carboxylic acids is 1. The standard InChI is InChI=1S/C17H19ClN2O3/c1-11-9-23-16(14-4-2-3-5-15(14)18)8-20(11)17(21)12-6-13(7-19)22-10-12/h2-6,10-11,16H,7-9,19H2,1H3. The average molecular weight is 335 g/mol. The Morgan fingerprint density at radius 2 is 2.22 bits per heavy atom. The van der Waals surface area contributed by atoms with Crippen LogP contribution >= 0.6 is 11.6 Å². The highest BCUT2D eigenvalue weighted by molar-refractivity contribution is 6.31. The molecular formula is C17H19ClN2O3. The zero-order chi connectivity index (χ0) is 16.4. The summed E-state index contributed by atoms with van der Waals surface area (Å²) in [4.78, 5) is 14.5. The maximum Gasteiger partial charge on any atom is 0.257 e. The first kappa shape index (κ1) is 16.1. The number of amides is 1. The minimum Gasteiger partial charge on any atom is -0.467 e. The molecule has 2 unspecified atom stereocenters. The van der Waals surface area contributed by atoms with Gasteiger partial charge in [0.1, 0.15) is 18.1 Å². The van der Waals surface area contributed by atoms with Gasteiger partial charge in [0.2, 0.25) is 0 Å². The Morgan fingerprint density at radius 1 is 1.43 bits per heavy atom. The summed E-state index contributed by atoms with van der Waals surface area (Å²) < 4.78 is 11.1. The molecule has 1 aromatic heterocycles. The summed E-state index contributed by atoms with van der Waals surface area (Å²) in [6.45, 7) is 3.15. The lowest BCUT2D eigenvalue weighted by molar-refractivity contribution is -0.0486. The topological polar surface area (TPSA) is 68.7 Å². The first-order valence-electron chi connectivity index (χ1n) is 7.54. The molecule has 1 saturated heterocycles. The Hall–Kier alpha value is -1.82. The van der Waals surface area contributed by atoms with E-state index in [1.807, 2.05) is 31.2 Å². The summed E-state index contributed by atoms with van der Waals surface area (Å²) in [5.74, 6) is 0.512. The minimum atomic E-state index is -0.232. The molecule has 2 heterocycles. The number of morpholine rings is 1. The van der Waals surface area contributed by atoms with Crippen LogP contribution in [0.4, 0.5) is 0 Å². The predicted molar refractivity (Wildman–Crippen MR) is 87.2 cm³/mol. The summed E-state index contributed by atoms with van der Waals surface area (Å²) in [6.07, 6.45) is 1.22. The van der Waals surface area contributed by atoms with Crippen molar-refractivity contribution in [3.8, 4) is 0 Å². The third kappa shape index (κ3) is 3.27. The number of ether oxygens (including phenoxy) is 1. The normalized spacial score (nSPS) is 21.4. The van der Waals surface area contributed by atoms with Crippen LogP contribution in [0.15, 0.2) is 41.0 Å². The second kappa shape index (κ2) is 6.74. The number of rotatable bonds is 3. The first-order chi connectivity index (χ1) is 11.1. The van der Waals surface area contributed by atoms with Gasteiger partial charge in [-0.3, -0.25) is 4.79 Å². The molecule has 122 valence electrons. The van der Waals surface area contributed by atoms with Gasteiger partial charge in [-0.15, -0.1) is 0 Å². The van der Waals surface area contributed by atoms with Gasteiger partial charge in [0.25, 0.3) is 5.91 Å². The average Bonchev–Trinajstić information content (AvgIpc) is 3.04. The van der Waals surface area contributed by atoms with Crippen molar-refractivity contribution in [2.24, 2.45) is 5.73 Å². The van der Waals surface area contributed by atoms with Gasteiger partial charge in [-0.05, 0) is 19.1 Å².